The summed E-state index contributed by atoms with van der Waals surface area (Å²) in [5.41, 5.74) is 7.46. The van der Waals surface area contributed by atoms with Crippen LogP contribution < -0.4 is 10.6 Å². The molecule has 0 spiro atoms. The number of hydrogen-bond acceptors (Lipinski definition) is 5. The third kappa shape index (κ3) is 2.48. The van der Waals surface area contributed by atoms with Crippen LogP contribution in [0.2, 0.25) is 0 Å². The Morgan fingerprint density at radius 2 is 2.38 bits per heavy atom. The Balaban J connectivity index is 2.21. The molecule has 88 valence electrons. The number of morpholine rings is 1. The molecule has 1 aromatic heterocycles. The van der Waals surface area contributed by atoms with E-state index in [0.29, 0.717) is 6.54 Å². The number of aromatic nitrogens is 2. The van der Waals surface area contributed by atoms with Crippen LogP contribution in [0.5, 0.6) is 0 Å². The number of hydrogen-bond donors (Lipinski definition) is 1. The van der Waals surface area contributed by atoms with Crippen molar-refractivity contribution in [2.24, 2.45) is 5.73 Å². The first kappa shape index (κ1) is 11.3. The molecule has 1 aliphatic rings. The molecule has 0 aliphatic carbocycles. The molecule has 0 amide bonds. The van der Waals surface area contributed by atoms with Crippen LogP contribution in [0, 0.1) is 6.92 Å². The van der Waals surface area contributed by atoms with E-state index in [2.05, 4.69) is 21.8 Å². The number of ether oxygens (including phenoxy) is 1. The van der Waals surface area contributed by atoms with Crippen LogP contribution in [0.1, 0.15) is 18.3 Å². The lowest BCUT2D eigenvalue weighted by Gasteiger charge is -2.31. The topological polar surface area (TPSA) is 64.3 Å². The zero-order valence-electron chi connectivity index (χ0n) is 9.81. The van der Waals surface area contributed by atoms with Crippen molar-refractivity contribution in [3.05, 3.63) is 17.5 Å². The fraction of sp³-hybridized carbons (Fsp3) is 0.636. The smallest absolute Gasteiger partial charge is 0.225 e. The SMILES string of the molecule is Cc1cc(CN)nc(N2CCOC(C)C2)n1. The van der Waals surface area contributed by atoms with Gasteiger partial charge in [0.2, 0.25) is 5.95 Å². The van der Waals surface area contributed by atoms with E-state index < -0.39 is 0 Å². The monoisotopic (exact) mass is 222 g/mol. The molecule has 5 heteroatoms. The molecule has 0 radical (unpaired) electrons. The Labute approximate surface area is 95.6 Å². The van der Waals surface area contributed by atoms with Gasteiger partial charge in [0.05, 0.1) is 18.4 Å². The van der Waals surface area contributed by atoms with Gasteiger partial charge >= 0.3 is 0 Å². The summed E-state index contributed by atoms with van der Waals surface area (Å²) in [6.07, 6.45) is 0.235. The van der Waals surface area contributed by atoms with Crippen LogP contribution in [0.15, 0.2) is 6.07 Å². The lowest BCUT2D eigenvalue weighted by atomic mass is 10.3. The Bertz CT molecular complexity index is 369. The van der Waals surface area contributed by atoms with Gasteiger partial charge in [0.25, 0.3) is 0 Å². The quantitative estimate of drug-likeness (QED) is 0.788. The molecule has 1 saturated heterocycles. The molecule has 1 fully saturated rings. The molecule has 2 heterocycles. The van der Waals surface area contributed by atoms with Crippen molar-refractivity contribution in [2.45, 2.75) is 26.5 Å². The molecular weight excluding hydrogens is 204 g/mol. The number of rotatable bonds is 2. The molecule has 2 rings (SSSR count). The van der Waals surface area contributed by atoms with E-state index in [1.165, 1.54) is 0 Å². The minimum absolute atomic E-state index is 0.235. The van der Waals surface area contributed by atoms with Crippen molar-refractivity contribution >= 4 is 5.95 Å². The maximum absolute atomic E-state index is 5.61. The van der Waals surface area contributed by atoms with Gasteiger partial charge in [-0.1, -0.05) is 0 Å². The average molecular weight is 222 g/mol. The molecule has 0 aromatic carbocycles. The first-order chi connectivity index (χ1) is 7.69. The molecule has 0 bridgehead atoms. The van der Waals surface area contributed by atoms with E-state index >= 15 is 0 Å². The zero-order valence-corrected chi connectivity index (χ0v) is 9.81. The second kappa shape index (κ2) is 4.76. The van der Waals surface area contributed by atoms with E-state index in [0.717, 1.165) is 37.0 Å². The minimum atomic E-state index is 0.235. The first-order valence-electron chi connectivity index (χ1n) is 5.60. The third-order valence-corrected chi connectivity index (χ3v) is 2.63. The van der Waals surface area contributed by atoms with Gasteiger partial charge in [-0.3, -0.25) is 0 Å². The predicted molar refractivity (Wildman–Crippen MR) is 62.3 cm³/mol. The van der Waals surface area contributed by atoms with Crippen molar-refractivity contribution < 1.29 is 4.74 Å². The van der Waals surface area contributed by atoms with Crippen LogP contribution in [-0.2, 0) is 11.3 Å². The van der Waals surface area contributed by atoms with Gasteiger partial charge < -0.3 is 15.4 Å². The summed E-state index contributed by atoms with van der Waals surface area (Å²) in [4.78, 5) is 11.0. The fourth-order valence-corrected chi connectivity index (χ4v) is 1.86. The van der Waals surface area contributed by atoms with E-state index in [1.54, 1.807) is 0 Å². The van der Waals surface area contributed by atoms with Crippen molar-refractivity contribution in [2.75, 3.05) is 24.6 Å². The molecule has 1 aromatic rings. The number of anilines is 1. The van der Waals surface area contributed by atoms with Crippen LogP contribution in [0.25, 0.3) is 0 Å². The highest BCUT2D eigenvalue weighted by Crippen LogP contribution is 2.14. The highest BCUT2D eigenvalue weighted by atomic mass is 16.5. The molecule has 1 atom stereocenters. The van der Waals surface area contributed by atoms with Crippen molar-refractivity contribution in [1.82, 2.24) is 9.97 Å². The Morgan fingerprint density at radius 1 is 1.56 bits per heavy atom. The average Bonchev–Trinajstić information content (AvgIpc) is 2.28. The van der Waals surface area contributed by atoms with Crippen molar-refractivity contribution in [1.29, 1.82) is 0 Å². The standard InChI is InChI=1S/C11H18N4O/c1-8-5-10(6-12)14-11(13-8)15-3-4-16-9(2)7-15/h5,9H,3-4,6-7,12H2,1-2H3. The number of aryl methyl sites for hydroxylation is 1. The summed E-state index contributed by atoms with van der Waals surface area (Å²) in [6, 6.07) is 1.92. The zero-order chi connectivity index (χ0) is 11.5. The second-order valence-corrected chi connectivity index (χ2v) is 4.13. The van der Waals surface area contributed by atoms with Gasteiger partial charge in [-0.15, -0.1) is 0 Å². The lowest BCUT2D eigenvalue weighted by Crippen LogP contribution is -2.42. The van der Waals surface area contributed by atoms with Gasteiger partial charge in [-0.2, -0.15) is 0 Å². The predicted octanol–water partition coefficient (Wildman–Crippen LogP) is 0.469. The van der Waals surface area contributed by atoms with Crippen LogP contribution in [-0.4, -0.2) is 35.8 Å². The largest absolute Gasteiger partial charge is 0.375 e. The highest BCUT2D eigenvalue weighted by molar-refractivity contribution is 5.33. The summed E-state index contributed by atoms with van der Waals surface area (Å²) in [6.45, 7) is 6.90. The third-order valence-electron chi connectivity index (χ3n) is 2.63. The minimum Gasteiger partial charge on any atom is -0.375 e. The highest BCUT2D eigenvalue weighted by Gasteiger charge is 2.19. The van der Waals surface area contributed by atoms with Crippen molar-refractivity contribution in [3.63, 3.8) is 0 Å². The molecule has 1 aliphatic heterocycles. The Hall–Kier alpha value is -1.20. The molecule has 2 N–H and O–H groups in total. The Morgan fingerprint density at radius 3 is 3.06 bits per heavy atom. The van der Waals surface area contributed by atoms with Gasteiger partial charge in [-0.05, 0) is 19.9 Å². The summed E-state index contributed by atoms with van der Waals surface area (Å²) >= 11 is 0. The second-order valence-electron chi connectivity index (χ2n) is 4.13. The number of nitrogens with two attached hydrogens (primary N) is 1. The molecule has 5 nitrogen and oxygen atoms in total. The van der Waals surface area contributed by atoms with Crippen LogP contribution in [0.3, 0.4) is 0 Å². The van der Waals surface area contributed by atoms with E-state index in [4.69, 9.17) is 10.5 Å². The summed E-state index contributed by atoms with van der Waals surface area (Å²) in [5, 5.41) is 0. The Kier molecular flexibility index (Phi) is 3.36. The fourth-order valence-electron chi connectivity index (χ4n) is 1.86. The van der Waals surface area contributed by atoms with Gasteiger partial charge in [0.1, 0.15) is 0 Å². The summed E-state index contributed by atoms with van der Waals surface area (Å²) in [5.74, 6) is 0.774. The molecular formula is C11H18N4O. The molecule has 0 saturated carbocycles. The lowest BCUT2D eigenvalue weighted by molar-refractivity contribution is 0.0526. The van der Waals surface area contributed by atoms with Crippen molar-refractivity contribution in [3.8, 4) is 0 Å². The molecule has 16 heavy (non-hydrogen) atoms. The first-order valence-corrected chi connectivity index (χ1v) is 5.60. The normalized spacial score (nSPS) is 21.2. The van der Waals surface area contributed by atoms with E-state index in [1.807, 2.05) is 13.0 Å². The van der Waals surface area contributed by atoms with E-state index in [9.17, 15) is 0 Å². The van der Waals surface area contributed by atoms with Crippen LogP contribution in [0.4, 0.5) is 5.95 Å². The van der Waals surface area contributed by atoms with Crippen LogP contribution >= 0.6 is 0 Å². The van der Waals surface area contributed by atoms with Gasteiger partial charge in [0.15, 0.2) is 0 Å². The summed E-state index contributed by atoms with van der Waals surface area (Å²) < 4.78 is 5.49. The molecule has 1 unspecified atom stereocenters. The summed E-state index contributed by atoms with van der Waals surface area (Å²) in [7, 11) is 0. The van der Waals surface area contributed by atoms with Gasteiger partial charge in [0, 0.05) is 25.3 Å². The maximum Gasteiger partial charge on any atom is 0.225 e. The van der Waals surface area contributed by atoms with E-state index in [-0.39, 0.29) is 6.10 Å². The van der Waals surface area contributed by atoms with Gasteiger partial charge in [-0.25, -0.2) is 9.97 Å². The number of nitrogens with zero attached hydrogens (tertiary/aromatic N) is 3. The maximum atomic E-state index is 5.61.